The highest BCUT2D eigenvalue weighted by Crippen LogP contribution is 2.40. The molecule has 0 radical (unpaired) electrons. The van der Waals surface area contributed by atoms with E-state index in [2.05, 4.69) is 161 Å². The predicted octanol–water partition coefficient (Wildman–Crippen LogP) is 10.6. The first-order chi connectivity index (χ1) is 21.8. The molecule has 0 unspecified atom stereocenters. The summed E-state index contributed by atoms with van der Waals surface area (Å²) < 4.78 is 4.71. The van der Waals surface area contributed by atoms with Crippen molar-refractivity contribution in [1.82, 2.24) is 14.1 Å². The summed E-state index contributed by atoms with van der Waals surface area (Å²) in [5.41, 5.74) is 12.8. The zero-order valence-electron chi connectivity index (χ0n) is 23.9. The average Bonchev–Trinajstić information content (AvgIpc) is 3.62. The van der Waals surface area contributed by atoms with Gasteiger partial charge in [-0.3, -0.25) is 4.98 Å². The Morgan fingerprint density at radius 1 is 0.386 bits per heavy atom. The van der Waals surface area contributed by atoms with Gasteiger partial charge in [-0.15, -0.1) is 0 Å². The Morgan fingerprint density at radius 3 is 1.84 bits per heavy atom. The Hall–Kier alpha value is -5.93. The summed E-state index contributed by atoms with van der Waals surface area (Å²) in [4.78, 5) is 4.89. The van der Waals surface area contributed by atoms with Gasteiger partial charge in [0, 0.05) is 33.7 Å². The molecule has 44 heavy (non-hydrogen) atoms. The number of fused-ring (bicyclic) bond motifs is 6. The molecule has 0 saturated heterocycles. The first kappa shape index (κ1) is 24.6. The maximum Gasteiger partial charge on any atom is 0.0963 e. The van der Waals surface area contributed by atoms with Gasteiger partial charge in [0.25, 0.3) is 0 Å². The average molecular weight is 562 g/mol. The molecule has 9 rings (SSSR count). The van der Waals surface area contributed by atoms with Crippen molar-refractivity contribution in [2.24, 2.45) is 0 Å². The molecule has 9 aromatic rings. The molecule has 0 atom stereocenters. The highest BCUT2D eigenvalue weighted by Gasteiger charge is 2.18. The third kappa shape index (κ3) is 3.73. The minimum Gasteiger partial charge on any atom is -0.309 e. The predicted molar refractivity (Wildman–Crippen MR) is 184 cm³/mol. The summed E-state index contributed by atoms with van der Waals surface area (Å²) in [5, 5.41) is 3.66. The van der Waals surface area contributed by atoms with Crippen LogP contribution in [0.25, 0.3) is 77.4 Å². The molecule has 0 amide bonds. The molecule has 6 aromatic carbocycles. The van der Waals surface area contributed by atoms with Crippen molar-refractivity contribution in [3.05, 3.63) is 164 Å². The van der Waals surface area contributed by atoms with E-state index in [9.17, 15) is 0 Å². The van der Waals surface area contributed by atoms with E-state index in [0.29, 0.717) is 0 Å². The number of aromatic nitrogens is 3. The van der Waals surface area contributed by atoms with Crippen LogP contribution in [0.5, 0.6) is 0 Å². The van der Waals surface area contributed by atoms with E-state index in [0.717, 1.165) is 33.3 Å². The number of nitrogens with zero attached hydrogens (tertiary/aromatic N) is 3. The van der Waals surface area contributed by atoms with Crippen LogP contribution >= 0.6 is 0 Å². The minimum atomic E-state index is 1.01. The Balaban J connectivity index is 1.26. The van der Waals surface area contributed by atoms with Crippen LogP contribution in [0, 0.1) is 0 Å². The number of rotatable bonds is 4. The number of benzene rings is 6. The monoisotopic (exact) mass is 561 g/mol. The summed E-state index contributed by atoms with van der Waals surface area (Å²) in [6.07, 6.45) is 1.89. The number of para-hydroxylation sites is 2. The van der Waals surface area contributed by atoms with Crippen LogP contribution in [-0.2, 0) is 0 Å². The topological polar surface area (TPSA) is 22.8 Å². The van der Waals surface area contributed by atoms with Crippen molar-refractivity contribution in [2.75, 3.05) is 0 Å². The summed E-state index contributed by atoms with van der Waals surface area (Å²) in [6, 6.07) is 56.4. The molecule has 0 aliphatic carbocycles. The molecule has 0 aliphatic rings. The van der Waals surface area contributed by atoms with E-state index in [1.807, 2.05) is 12.3 Å². The molecular formula is C41H27N3. The number of hydrogen-bond acceptors (Lipinski definition) is 1. The Labute approximate surface area is 254 Å². The highest BCUT2D eigenvalue weighted by molar-refractivity contribution is 6.17. The fourth-order valence-electron chi connectivity index (χ4n) is 6.83. The molecule has 0 fully saturated rings. The fourth-order valence-corrected chi connectivity index (χ4v) is 6.83. The van der Waals surface area contributed by atoms with Crippen molar-refractivity contribution in [3.8, 4) is 33.6 Å². The van der Waals surface area contributed by atoms with Crippen molar-refractivity contribution in [3.63, 3.8) is 0 Å². The van der Waals surface area contributed by atoms with Gasteiger partial charge in [0.1, 0.15) is 0 Å². The molecule has 206 valence electrons. The maximum absolute atomic E-state index is 4.89. The lowest BCUT2D eigenvalue weighted by atomic mass is 9.98. The lowest BCUT2D eigenvalue weighted by Gasteiger charge is -2.10. The van der Waals surface area contributed by atoms with Crippen molar-refractivity contribution in [1.29, 1.82) is 0 Å². The smallest absolute Gasteiger partial charge is 0.0963 e. The van der Waals surface area contributed by atoms with Gasteiger partial charge in [-0.25, -0.2) is 0 Å². The highest BCUT2D eigenvalue weighted by atomic mass is 15.0. The van der Waals surface area contributed by atoms with E-state index in [1.165, 1.54) is 44.1 Å². The van der Waals surface area contributed by atoms with E-state index in [4.69, 9.17) is 4.98 Å². The second-order valence-corrected chi connectivity index (χ2v) is 11.2. The molecular weight excluding hydrogens is 534 g/mol. The summed E-state index contributed by atoms with van der Waals surface area (Å²) in [5.74, 6) is 0. The molecule has 0 spiro atoms. The standard InChI is InChI=1S/C41H27N3/c1-3-11-28(12-4-1)29-20-23-32(24-21-29)44-37-25-22-30(27-35(37)41-39(44)19-10-26-42-41)33-16-9-18-38-40(33)34-15-7-8-17-36(34)43(38)31-13-5-2-6-14-31/h1-27H. The second kappa shape index (κ2) is 9.82. The molecule has 0 bridgehead atoms. The van der Waals surface area contributed by atoms with E-state index in [-0.39, 0.29) is 0 Å². The Kier molecular flexibility index (Phi) is 5.50. The van der Waals surface area contributed by atoms with Gasteiger partial charge in [-0.2, -0.15) is 0 Å². The van der Waals surface area contributed by atoms with Gasteiger partial charge in [0.05, 0.1) is 27.6 Å². The van der Waals surface area contributed by atoms with Crippen LogP contribution in [0.2, 0.25) is 0 Å². The Morgan fingerprint density at radius 2 is 1.00 bits per heavy atom. The lowest BCUT2D eigenvalue weighted by Crippen LogP contribution is -1.94. The molecule has 0 N–H and O–H groups in total. The fraction of sp³-hybridized carbons (Fsp3) is 0. The zero-order chi connectivity index (χ0) is 29.0. The van der Waals surface area contributed by atoms with Crippen molar-refractivity contribution in [2.45, 2.75) is 0 Å². The summed E-state index contributed by atoms with van der Waals surface area (Å²) in [6.45, 7) is 0. The van der Waals surface area contributed by atoms with Crippen LogP contribution < -0.4 is 0 Å². The van der Waals surface area contributed by atoms with Gasteiger partial charge < -0.3 is 9.13 Å². The normalized spacial score (nSPS) is 11.6. The summed E-state index contributed by atoms with van der Waals surface area (Å²) in [7, 11) is 0. The van der Waals surface area contributed by atoms with Crippen LogP contribution in [0.1, 0.15) is 0 Å². The Bertz CT molecular complexity index is 2470. The van der Waals surface area contributed by atoms with E-state index in [1.54, 1.807) is 0 Å². The van der Waals surface area contributed by atoms with Crippen molar-refractivity contribution >= 4 is 43.7 Å². The van der Waals surface area contributed by atoms with Crippen molar-refractivity contribution < 1.29 is 0 Å². The second-order valence-electron chi connectivity index (χ2n) is 11.2. The van der Waals surface area contributed by atoms with Gasteiger partial charge in [0.15, 0.2) is 0 Å². The van der Waals surface area contributed by atoms with E-state index < -0.39 is 0 Å². The van der Waals surface area contributed by atoms with Crippen LogP contribution in [0.4, 0.5) is 0 Å². The van der Waals surface area contributed by atoms with Crippen LogP contribution in [0.3, 0.4) is 0 Å². The molecule has 3 heteroatoms. The minimum absolute atomic E-state index is 1.01. The zero-order valence-corrected chi connectivity index (χ0v) is 23.9. The molecule has 0 aliphatic heterocycles. The van der Waals surface area contributed by atoms with Crippen LogP contribution in [0.15, 0.2) is 164 Å². The molecule has 3 aromatic heterocycles. The third-order valence-electron chi connectivity index (χ3n) is 8.78. The van der Waals surface area contributed by atoms with Gasteiger partial charge in [-0.05, 0) is 82.9 Å². The number of hydrogen-bond donors (Lipinski definition) is 0. The first-order valence-electron chi connectivity index (χ1n) is 15.0. The lowest BCUT2D eigenvalue weighted by molar-refractivity contribution is 1.18. The van der Waals surface area contributed by atoms with Gasteiger partial charge in [0.2, 0.25) is 0 Å². The molecule has 0 saturated carbocycles. The maximum atomic E-state index is 4.89. The first-order valence-corrected chi connectivity index (χ1v) is 15.0. The van der Waals surface area contributed by atoms with Gasteiger partial charge in [-0.1, -0.05) is 97.1 Å². The van der Waals surface area contributed by atoms with E-state index >= 15 is 0 Å². The third-order valence-corrected chi connectivity index (χ3v) is 8.78. The molecule has 3 nitrogen and oxygen atoms in total. The largest absolute Gasteiger partial charge is 0.309 e. The SMILES string of the molecule is c1ccc(-c2ccc(-n3c4ccc(-c5cccc6c5c5ccccc5n6-c5ccccc5)cc4c4ncccc43)cc2)cc1. The summed E-state index contributed by atoms with van der Waals surface area (Å²) >= 11 is 0. The van der Waals surface area contributed by atoms with Gasteiger partial charge >= 0.3 is 0 Å². The molecule has 3 heterocycles. The van der Waals surface area contributed by atoms with Crippen LogP contribution in [-0.4, -0.2) is 14.1 Å². The quantitative estimate of drug-likeness (QED) is 0.210. The number of pyridine rings is 1.